The molecule has 0 atom stereocenters. The highest BCUT2D eigenvalue weighted by Crippen LogP contribution is 2.43. The highest BCUT2D eigenvalue weighted by molar-refractivity contribution is 5.82. The zero-order valence-electron chi connectivity index (χ0n) is 10.6. The fourth-order valence-corrected chi connectivity index (χ4v) is 2.84. The Hall–Kier alpha value is -1.88. The second-order valence-electron chi connectivity index (χ2n) is 5.36. The number of benzene rings is 1. The predicted molar refractivity (Wildman–Crippen MR) is 72.1 cm³/mol. The third-order valence-corrected chi connectivity index (χ3v) is 4.01. The van der Waals surface area contributed by atoms with Crippen molar-refractivity contribution in [3.05, 3.63) is 41.6 Å². The molecule has 2 aromatic rings. The molecule has 0 amide bonds. The van der Waals surface area contributed by atoms with Crippen LogP contribution in [0.25, 0.3) is 10.9 Å². The van der Waals surface area contributed by atoms with Gasteiger partial charge in [0.2, 0.25) is 0 Å². The minimum absolute atomic E-state index is 0.115. The zero-order chi connectivity index (χ0) is 12.6. The lowest BCUT2D eigenvalue weighted by Crippen LogP contribution is -2.30. The molecule has 1 heterocycles. The molecule has 2 nitrogen and oxygen atoms in total. The molecule has 0 unspecified atom stereocenters. The van der Waals surface area contributed by atoms with Gasteiger partial charge in [-0.1, -0.05) is 24.6 Å². The molecule has 1 aromatic heterocycles. The van der Waals surface area contributed by atoms with Crippen molar-refractivity contribution in [3.63, 3.8) is 0 Å². The van der Waals surface area contributed by atoms with Crippen LogP contribution in [0.4, 0.5) is 0 Å². The molecule has 18 heavy (non-hydrogen) atoms. The van der Waals surface area contributed by atoms with Crippen molar-refractivity contribution >= 4 is 10.9 Å². The van der Waals surface area contributed by atoms with Crippen molar-refractivity contribution in [1.82, 2.24) is 4.98 Å². The minimum Gasteiger partial charge on any atom is -0.253 e. The number of rotatable bonds is 2. The van der Waals surface area contributed by atoms with Crippen LogP contribution in [0.5, 0.6) is 0 Å². The van der Waals surface area contributed by atoms with E-state index in [-0.39, 0.29) is 5.41 Å². The van der Waals surface area contributed by atoms with Crippen molar-refractivity contribution < 1.29 is 0 Å². The first-order chi connectivity index (χ1) is 8.72. The van der Waals surface area contributed by atoms with Gasteiger partial charge in [-0.25, -0.2) is 0 Å². The maximum absolute atomic E-state index is 9.37. The summed E-state index contributed by atoms with van der Waals surface area (Å²) in [7, 11) is 0. The Kier molecular flexibility index (Phi) is 2.56. The van der Waals surface area contributed by atoms with Crippen LogP contribution in [0, 0.1) is 23.7 Å². The van der Waals surface area contributed by atoms with Crippen LogP contribution in [0.1, 0.15) is 30.5 Å². The fraction of sp³-hybridized carbons (Fsp3) is 0.375. The largest absolute Gasteiger partial charge is 0.253 e. The standard InChI is InChI=1S/C16H16N2/c1-12-9-13(10-16(11-17)7-4-8-16)14-5-2-3-6-15(14)18-12/h2-3,5-6,9H,4,7-8,10H2,1H3. The van der Waals surface area contributed by atoms with Gasteiger partial charge in [-0.2, -0.15) is 5.26 Å². The number of aromatic nitrogens is 1. The second kappa shape index (κ2) is 4.10. The van der Waals surface area contributed by atoms with Crippen LogP contribution in [-0.2, 0) is 6.42 Å². The van der Waals surface area contributed by atoms with E-state index in [1.165, 1.54) is 17.4 Å². The van der Waals surface area contributed by atoms with Crippen LogP contribution in [0.3, 0.4) is 0 Å². The van der Waals surface area contributed by atoms with Crippen LogP contribution in [-0.4, -0.2) is 4.98 Å². The van der Waals surface area contributed by atoms with E-state index in [0.717, 1.165) is 30.5 Å². The molecule has 0 spiro atoms. The molecule has 1 saturated carbocycles. The van der Waals surface area contributed by atoms with Gasteiger partial charge in [0.15, 0.2) is 0 Å². The molecule has 3 rings (SSSR count). The first-order valence-corrected chi connectivity index (χ1v) is 6.49. The van der Waals surface area contributed by atoms with Crippen molar-refractivity contribution in [3.8, 4) is 6.07 Å². The van der Waals surface area contributed by atoms with E-state index < -0.39 is 0 Å². The maximum atomic E-state index is 9.37. The lowest BCUT2D eigenvalue weighted by molar-refractivity contribution is 0.214. The molecule has 1 aliphatic carbocycles. The van der Waals surface area contributed by atoms with Gasteiger partial charge < -0.3 is 0 Å². The summed E-state index contributed by atoms with van der Waals surface area (Å²) >= 11 is 0. The Balaban J connectivity index is 2.09. The molecule has 0 N–H and O–H groups in total. The first-order valence-electron chi connectivity index (χ1n) is 6.49. The summed E-state index contributed by atoms with van der Waals surface area (Å²) in [5.41, 5.74) is 3.24. The number of fused-ring (bicyclic) bond motifs is 1. The number of pyridine rings is 1. The second-order valence-corrected chi connectivity index (χ2v) is 5.36. The third-order valence-electron chi connectivity index (χ3n) is 4.01. The number of nitriles is 1. The summed E-state index contributed by atoms with van der Waals surface area (Å²) in [6, 6.07) is 12.9. The summed E-state index contributed by atoms with van der Waals surface area (Å²) < 4.78 is 0. The van der Waals surface area contributed by atoms with Crippen LogP contribution < -0.4 is 0 Å². The smallest absolute Gasteiger partial charge is 0.0707 e. The zero-order valence-corrected chi connectivity index (χ0v) is 10.6. The quantitative estimate of drug-likeness (QED) is 0.795. The molecule has 0 saturated heterocycles. The monoisotopic (exact) mass is 236 g/mol. The molecule has 0 bridgehead atoms. The third kappa shape index (κ3) is 1.76. The van der Waals surface area contributed by atoms with Gasteiger partial charge in [0.1, 0.15) is 0 Å². The van der Waals surface area contributed by atoms with Gasteiger partial charge in [0.05, 0.1) is 17.0 Å². The predicted octanol–water partition coefficient (Wildman–Crippen LogP) is 3.78. The van der Waals surface area contributed by atoms with E-state index in [1.807, 2.05) is 25.1 Å². The Labute approximate surface area is 107 Å². The van der Waals surface area contributed by atoms with Crippen molar-refractivity contribution in [2.45, 2.75) is 32.6 Å². The van der Waals surface area contributed by atoms with Crippen molar-refractivity contribution in [2.24, 2.45) is 5.41 Å². The molecule has 2 heteroatoms. The molecule has 1 fully saturated rings. The topological polar surface area (TPSA) is 36.7 Å². The summed E-state index contributed by atoms with van der Waals surface area (Å²) in [6.45, 7) is 2.02. The van der Waals surface area contributed by atoms with Gasteiger partial charge in [-0.15, -0.1) is 0 Å². The Morgan fingerprint density at radius 1 is 1.33 bits per heavy atom. The van der Waals surface area contributed by atoms with Gasteiger partial charge in [-0.3, -0.25) is 4.98 Å². The normalized spacial score (nSPS) is 17.1. The molecular formula is C16H16N2. The van der Waals surface area contributed by atoms with E-state index >= 15 is 0 Å². The van der Waals surface area contributed by atoms with Gasteiger partial charge in [0, 0.05) is 11.1 Å². The van der Waals surface area contributed by atoms with Gasteiger partial charge in [0.25, 0.3) is 0 Å². The molecule has 0 radical (unpaired) electrons. The number of para-hydroxylation sites is 1. The lowest BCUT2D eigenvalue weighted by Gasteiger charge is -2.35. The van der Waals surface area contributed by atoms with E-state index in [9.17, 15) is 5.26 Å². The summed E-state index contributed by atoms with van der Waals surface area (Å²) in [6.07, 6.45) is 4.14. The highest BCUT2D eigenvalue weighted by Gasteiger charge is 2.37. The molecule has 0 aliphatic heterocycles. The van der Waals surface area contributed by atoms with Gasteiger partial charge in [-0.05, 0) is 43.9 Å². The molecular weight excluding hydrogens is 220 g/mol. The average molecular weight is 236 g/mol. The van der Waals surface area contributed by atoms with Crippen molar-refractivity contribution in [2.75, 3.05) is 0 Å². The van der Waals surface area contributed by atoms with Crippen LogP contribution in [0.15, 0.2) is 30.3 Å². The summed E-state index contributed by atoms with van der Waals surface area (Å²) in [5, 5.41) is 10.6. The fourth-order valence-electron chi connectivity index (χ4n) is 2.84. The Morgan fingerprint density at radius 3 is 2.78 bits per heavy atom. The van der Waals surface area contributed by atoms with E-state index in [2.05, 4.69) is 23.2 Å². The van der Waals surface area contributed by atoms with Crippen molar-refractivity contribution in [1.29, 1.82) is 5.26 Å². The highest BCUT2D eigenvalue weighted by atomic mass is 14.7. The number of aryl methyl sites for hydroxylation is 1. The first kappa shape index (κ1) is 11.2. The number of hydrogen-bond donors (Lipinski definition) is 0. The Bertz CT molecular complexity index is 633. The van der Waals surface area contributed by atoms with E-state index in [0.29, 0.717) is 0 Å². The van der Waals surface area contributed by atoms with Crippen LogP contribution >= 0.6 is 0 Å². The molecule has 1 aromatic carbocycles. The molecule has 1 aliphatic rings. The van der Waals surface area contributed by atoms with E-state index in [1.54, 1.807) is 0 Å². The van der Waals surface area contributed by atoms with Gasteiger partial charge >= 0.3 is 0 Å². The summed E-state index contributed by atoms with van der Waals surface area (Å²) in [5.74, 6) is 0. The van der Waals surface area contributed by atoms with Crippen LogP contribution in [0.2, 0.25) is 0 Å². The molecule has 90 valence electrons. The number of nitrogens with zero attached hydrogens (tertiary/aromatic N) is 2. The minimum atomic E-state index is -0.115. The lowest BCUT2D eigenvalue weighted by atomic mass is 9.66. The number of hydrogen-bond acceptors (Lipinski definition) is 2. The summed E-state index contributed by atoms with van der Waals surface area (Å²) in [4.78, 5) is 4.55. The maximum Gasteiger partial charge on any atom is 0.0707 e. The van der Waals surface area contributed by atoms with E-state index in [4.69, 9.17) is 0 Å². The Morgan fingerprint density at radius 2 is 2.11 bits per heavy atom. The average Bonchev–Trinajstić information content (AvgIpc) is 2.33. The SMILES string of the molecule is Cc1cc(CC2(C#N)CCC2)c2ccccc2n1.